The summed E-state index contributed by atoms with van der Waals surface area (Å²) in [5.74, 6) is -0.493. The molecule has 5 heteroatoms. The minimum atomic E-state index is -3.34. The number of aliphatic hydroxyl groups excluding tert-OH is 1. The lowest BCUT2D eigenvalue weighted by molar-refractivity contribution is 0.176. The fourth-order valence-corrected chi connectivity index (χ4v) is 1.82. The molecule has 0 aromatic heterocycles. The summed E-state index contributed by atoms with van der Waals surface area (Å²) in [4.78, 5) is 0. The van der Waals surface area contributed by atoms with Gasteiger partial charge in [-0.1, -0.05) is 12.1 Å². The van der Waals surface area contributed by atoms with Gasteiger partial charge in [-0.15, -0.1) is 0 Å². The van der Waals surface area contributed by atoms with Crippen molar-refractivity contribution in [3.63, 3.8) is 0 Å². The number of halogens is 1. The Labute approximate surface area is 88.5 Å². The Morgan fingerprint density at radius 2 is 2.00 bits per heavy atom. The number of benzene rings is 1. The normalized spacial score (nSPS) is 16.0. The van der Waals surface area contributed by atoms with Crippen molar-refractivity contribution in [2.75, 3.05) is 6.26 Å². The molecule has 84 valence electrons. The molecule has 0 aliphatic rings. The zero-order chi connectivity index (χ0) is 11.6. The van der Waals surface area contributed by atoms with E-state index in [9.17, 15) is 17.9 Å². The molecule has 0 spiro atoms. The molecular formula is C10H13FO3S. The third-order valence-electron chi connectivity index (χ3n) is 2.31. The van der Waals surface area contributed by atoms with Crippen LogP contribution in [0.15, 0.2) is 24.3 Å². The first-order chi connectivity index (χ1) is 6.82. The smallest absolute Gasteiger partial charge is 0.152 e. The van der Waals surface area contributed by atoms with Crippen molar-refractivity contribution < 1.29 is 17.9 Å². The fourth-order valence-electron chi connectivity index (χ4n) is 1.20. The molecule has 15 heavy (non-hydrogen) atoms. The highest BCUT2D eigenvalue weighted by atomic mass is 32.2. The maximum atomic E-state index is 12.8. The predicted octanol–water partition coefficient (Wildman–Crippen LogP) is 1.29. The Kier molecular flexibility index (Phi) is 3.46. The highest BCUT2D eigenvalue weighted by molar-refractivity contribution is 7.91. The van der Waals surface area contributed by atoms with Crippen LogP contribution in [0.1, 0.15) is 18.6 Å². The highest BCUT2D eigenvalue weighted by Gasteiger charge is 2.25. The molecule has 0 radical (unpaired) electrons. The molecule has 1 N–H and O–H groups in total. The van der Waals surface area contributed by atoms with Crippen LogP contribution < -0.4 is 0 Å². The van der Waals surface area contributed by atoms with E-state index in [1.54, 1.807) is 0 Å². The molecule has 0 unspecified atom stereocenters. The number of rotatable bonds is 3. The fraction of sp³-hybridized carbons (Fsp3) is 0.400. The quantitative estimate of drug-likeness (QED) is 0.854. The average molecular weight is 232 g/mol. The molecule has 0 aliphatic carbocycles. The predicted molar refractivity (Wildman–Crippen MR) is 55.7 cm³/mol. The standard InChI is InChI=1S/C10H13FO3S/c1-7(15(2,13)14)10(12)8-4-3-5-9(11)6-8/h3-7,10,12H,1-2H3/t7-,10-/m0/s1. The van der Waals surface area contributed by atoms with Gasteiger partial charge in [-0.05, 0) is 24.6 Å². The van der Waals surface area contributed by atoms with E-state index in [-0.39, 0.29) is 5.56 Å². The van der Waals surface area contributed by atoms with Crippen LogP contribution in [0, 0.1) is 5.82 Å². The maximum absolute atomic E-state index is 12.8. The minimum absolute atomic E-state index is 0.271. The lowest BCUT2D eigenvalue weighted by atomic mass is 10.1. The summed E-state index contributed by atoms with van der Waals surface area (Å²) in [5, 5.41) is 8.76. The van der Waals surface area contributed by atoms with Crippen LogP contribution in [0.5, 0.6) is 0 Å². The topological polar surface area (TPSA) is 54.4 Å². The summed E-state index contributed by atoms with van der Waals surface area (Å²) in [6, 6.07) is 5.30. The molecule has 2 atom stereocenters. The largest absolute Gasteiger partial charge is 0.387 e. The summed E-state index contributed by atoms with van der Waals surface area (Å²) in [7, 11) is -3.34. The van der Waals surface area contributed by atoms with Gasteiger partial charge in [0.15, 0.2) is 9.84 Å². The van der Waals surface area contributed by atoms with Crippen molar-refractivity contribution >= 4 is 9.84 Å². The molecule has 0 saturated heterocycles. The monoisotopic (exact) mass is 232 g/mol. The van der Waals surface area contributed by atoms with E-state index < -0.39 is 27.0 Å². The molecule has 0 fully saturated rings. The first-order valence-corrected chi connectivity index (χ1v) is 6.40. The summed E-state index contributed by atoms with van der Waals surface area (Å²) in [6.45, 7) is 1.39. The SMILES string of the molecule is C[C@@H]([C@H](O)c1cccc(F)c1)S(C)(=O)=O. The van der Waals surface area contributed by atoms with Gasteiger partial charge in [-0.3, -0.25) is 0 Å². The van der Waals surface area contributed by atoms with Crippen molar-refractivity contribution in [1.82, 2.24) is 0 Å². The van der Waals surface area contributed by atoms with E-state index in [1.807, 2.05) is 0 Å². The zero-order valence-electron chi connectivity index (χ0n) is 8.51. The third-order valence-corrected chi connectivity index (χ3v) is 3.92. The highest BCUT2D eigenvalue weighted by Crippen LogP contribution is 2.21. The van der Waals surface area contributed by atoms with Crippen LogP contribution >= 0.6 is 0 Å². The summed E-state index contributed by atoms with van der Waals surface area (Å²) in [5.41, 5.74) is 0.271. The molecule has 3 nitrogen and oxygen atoms in total. The van der Waals surface area contributed by atoms with E-state index >= 15 is 0 Å². The first kappa shape index (κ1) is 12.1. The Hall–Kier alpha value is -0.940. The number of sulfone groups is 1. The van der Waals surface area contributed by atoms with E-state index in [2.05, 4.69) is 0 Å². The second-order valence-corrected chi connectivity index (χ2v) is 5.94. The van der Waals surface area contributed by atoms with Gasteiger partial charge in [0, 0.05) is 6.26 Å². The van der Waals surface area contributed by atoms with Crippen LogP contribution in [0.25, 0.3) is 0 Å². The summed E-state index contributed by atoms with van der Waals surface area (Å²) in [6.07, 6.45) is -0.157. The van der Waals surface area contributed by atoms with Gasteiger partial charge in [0.05, 0.1) is 11.4 Å². The van der Waals surface area contributed by atoms with Gasteiger partial charge in [0.25, 0.3) is 0 Å². The summed E-state index contributed by atoms with van der Waals surface area (Å²) < 4.78 is 35.2. The van der Waals surface area contributed by atoms with E-state index in [4.69, 9.17) is 0 Å². The molecule has 0 aliphatic heterocycles. The van der Waals surface area contributed by atoms with Crippen molar-refractivity contribution in [3.05, 3.63) is 35.6 Å². The molecule has 0 amide bonds. The third kappa shape index (κ3) is 3.00. The average Bonchev–Trinajstić information content (AvgIpc) is 2.14. The van der Waals surface area contributed by atoms with E-state index in [0.717, 1.165) is 12.3 Å². The first-order valence-electron chi connectivity index (χ1n) is 4.45. The maximum Gasteiger partial charge on any atom is 0.152 e. The lowest BCUT2D eigenvalue weighted by Crippen LogP contribution is -2.24. The van der Waals surface area contributed by atoms with Crippen molar-refractivity contribution in [1.29, 1.82) is 0 Å². The van der Waals surface area contributed by atoms with Crippen molar-refractivity contribution in [3.8, 4) is 0 Å². The zero-order valence-corrected chi connectivity index (χ0v) is 9.33. The van der Waals surface area contributed by atoms with Gasteiger partial charge in [0.2, 0.25) is 0 Å². The second kappa shape index (κ2) is 4.28. The lowest BCUT2D eigenvalue weighted by Gasteiger charge is -2.17. The Morgan fingerprint density at radius 3 is 2.47 bits per heavy atom. The van der Waals surface area contributed by atoms with Crippen molar-refractivity contribution in [2.45, 2.75) is 18.3 Å². The van der Waals surface area contributed by atoms with E-state index in [0.29, 0.717) is 0 Å². The Balaban J connectivity index is 3.00. The molecule has 1 aromatic rings. The van der Waals surface area contributed by atoms with Crippen LogP contribution in [-0.4, -0.2) is 25.0 Å². The van der Waals surface area contributed by atoms with Gasteiger partial charge < -0.3 is 5.11 Å². The minimum Gasteiger partial charge on any atom is -0.387 e. The molecule has 0 bridgehead atoms. The van der Waals surface area contributed by atoms with Gasteiger partial charge in [-0.2, -0.15) is 0 Å². The molecule has 1 rings (SSSR count). The second-order valence-electron chi connectivity index (χ2n) is 3.53. The van der Waals surface area contributed by atoms with Gasteiger partial charge in [-0.25, -0.2) is 12.8 Å². The van der Waals surface area contributed by atoms with Crippen LogP contribution in [0.4, 0.5) is 4.39 Å². The van der Waals surface area contributed by atoms with Crippen LogP contribution in [-0.2, 0) is 9.84 Å². The number of hydrogen-bond donors (Lipinski definition) is 1. The van der Waals surface area contributed by atoms with E-state index in [1.165, 1.54) is 25.1 Å². The molecular weight excluding hydrogens is 219 g/mol. The number of aliphatic hydroxyl groups is 1. The molecule has 0 saturated carbocycles. The summed E-state index contributed by atoms with van der Waals surface area (Å²) >= 11 is 0. The van der Waals surface area contributed by atoms with Crippen molar-refractivity contribution in [2.24, 2.45) is 0 Å². The Bertz CT molecular complexity index is 442. The molecule has 1 aromatic carbocycles. The molecule has 0 heterocycles. The Morgan fingerprint density at radius 1 is 1.40 bits per heavy atom. The van der Waals surface area contributed by atoms with Gasteiger partial charge >= 0.3 is 0 Å². The van der Waals surface area contributed by atoms with Crippen LogP contribution in [0.2, 0.25) is 0 Å². The van der Waals surface area contributed by atoms with Crippen LogP contribution in [0.3, 0.4) is 0 Å². The number of hydrogen-bond acceptors (Lipinski definition) is 3. The van der Waals surface area contributed by atoms with Gasteiger partial charge in [0.1, 0.15) is 5.82 Å².